The van der Waals surface area contributed by atoms with Gasteiger partial charge in [-0.1, -0.05) is 12.1 Å². The van der Waals surface area contributed by atoms with E-state index >= 15 is 0 Å². The predicted octanol–water partition coefficient (Wildman–Crippen LogP) is 3.19. The molecule has 1 heterocycles. The summed E-state index contributed by atoms with van der Waals surface area (Å²) in [4.78, 5) is 14.6. The van der Waals surface area contributed by atoms with Gasteiger partial charge in [0.15, 0.2) is 0 Å². The largest absolute Gasteiger partial charge is 0.497 e. The zero-order valence-corrected chi connectivity index (χ0v) is 15.6. The Morgan fingerprint density at radius 2 is 1.74 bits per heavy atom. The zero-order chi connectivity index (χ0) is 19.1. The molecule has 6 heteroatoms. The number of nitrogens with one attached hydrogen (secondary N) is 1. The number of para-hydroxylation sites is 2. The molecule has 27 heavy (non-hydrogen) atoms. The third kappa shape index (κ3) is 5.01. The average Bonchev–Trinajstić information content (AvgIpc) is 2.73. The fraction of sp³-hybridized carbons (Fsp3) is 0.286. The van der Waals surface area contributed by atoms with E-state index in [1.54, 1.807) is 26.4 Å². The average molecular weight is 368 g/mol. The van der Waals surface area contributed by atoms with Crippen molar-refractivity contribution in [1.29, 1.82) is 0 Å². The van der Waals surface area contributed by atoms with E-state index < -0.39 is 0 Å². The van der Waals surface area contributed by atoms with E-state index in [4.69, 9.17) is 14.2 Å². The van der Waals surface area contributed by atoms with Crippen LogP contribution in [-0.2, 0) is 9.53 Å². The van der Waals surface area contributed by atoms with Crippen LogP contribution in [0.3, 0.4) is 0 Å². The summed E-state index contributed by atoms with van der Waals surface area (Å²) in [6.45, 7) is 3.01. The first-order valence-electron chi connectivity index (χ1n) is 8.83. The molecule has 0 radical (unpaired) electrons. The molecule has 0 aliphatic carbocycles. The summed E-state index contributed by atoms with van der Waals surface area (Å²) < 4.78 is 15.9. The summed E-state index contributed by atoms with van der Waals surface area (Å²) in [6, 6.07) is 13.3. The van der Waals surface area contributed by atoms with Crippen LogP contribution >= 0.6 is 0 Å². The molecule has 0 aromatic heterocycles. The minimum absolute atomic E-state index is 0.197. The number of carbonyl (C=O) groups excluding carboxylic acids is 1. The summed E-state index contributed by atoms with van der Waals surface area (Å²) >= 11 is 0. The maximum Gasteiger partial charge on any atom is 0.248 e. The molecule has 0 saturated carbocycles. The number of anilines is 2. The van der Waals surface area contributed by atoms with E-state index in [2.05, 4.69) is 10.2 Å². The minimum Gasteiger partial charge on any atom is -0.497 e. The van der Waals surface area contributed by atoms with Crippen LogP contribution in [0.1, 0.15) is 5.56 Å². The van der Waals surface area contributed by atoms with Crippen LogP contribution in [0.5, 0.6) is 11.5 Å². The van der Waals surface area contributed by atoms with Crippen LogP contribution in [-0.4, -0.2) is 46.4 Å². The topological polar surface area (TPSA) is 60.0 Å². The van der Waals surface area contributed by atoms with Crippen molar-refractivity contribution in [3.63, 3.8) is 0 Å². The molecule has 1 amide bonds. The Balaban J connectivity index is 1.72. The van der Waals surface area contributed by atoms with Gasteiger partial charge in [0.05, 0.1) is 38.8 Å². The van der Waals surface area contributed by atoms with Crippen LogP contribution in [0.4, 0.5) is 11.4 Å². The maximum atomic E-state index is 12.4. The van der Waals surface area contributed by atoms with Crippen LogP contribution in [0.15, 0.2) is 48.5 Å². The van der Waals surface area contributed by atoms with E-state index in [1.165, 1.54) is 6.08 Å². The molecular weight excluding hydrogens is 344 g/mol. The SMILES string of the molecule is COc1cc(/C=C/C(=O)Nc2ccccc2N2CCOCC2)cc(OC)c1. The van der Waals surface area contributed by atoms with Gasteiger partial charge in [0.2, 0.25) is 5.91 Å². The summed E-state index contributed by atoms with van der Waals surface area (Å²) in [5, 5.41) is 2.96. The minimum atomic E-state index is -0.197. The van der Waals surface area contributed by atoms with Crippen molar-refractivity contribution in [2.75, 3.05) is 50.7 Å². The van der Waals surface area contributed by atoms with Gasteiger partial charge < -0.3 is 24.4 Å². The van der Waals surface area contributed by atoms with Crippen molar-refractivity contribution in [2.45, 2.75) is 0 Å². The van der Waals surface area contributed by atoms with Crippen molar-refractivity contribution in [2.24, 2.45) is 0 Å². The van der Waals surface area contributed by atoms with Crippen LogP contribution in [0, 0.1) is 0 Å². The zero-order valence-electron chi connectivity index (χ0n) is 15.6. The number of ether oxygens (including phenoxy) is 3. The quantitative estimate of drug-likeness (QED) is 0.794. The molecule has 1 saturated heterocycles. The molecule has 0 unspecified atom stereocenters. The number of benzene rings is 2. The van der Waals surface area contributed by atoms with Crippen LogP contribution < -0.4 is 19.7 Å². The molecule has 1 aliphatic rings. The fourth-order valence-corrected chi connectivity index (χ4v) is 2.93. The van der Waals surface area contributed by atoms with Gasteiger partial charge in [-0.3, -0.25) is 4.79 Å². The molecule has 1 aliphatic heterocycles. The Bertz CT molecular complexity index is 791. The van der Waals surface area contributed by atoms with E-state index in [0.717, 1.165) is 30.0 Å². The second-order valence-electron chi connectivity index (χ2n) is 6.09. The van der Waals surface area contributed by atoms with Gasteiger partial charge in [-0.05, 0) is 35.9 Å². The molecule has 2 aromatic carbocycles. The van der Waals surface area contributed by atoms with E-state index in [1.807, 2.05) is 36.4 Å². The van der Waals surface area contributed by atoms with Gasteiger partial charge in [0.25, 0.3) is 0 Å². The Labute approximate surface area is 159 Å². The highest BCUT2D eigenvalue weighted by Crippen LogP contribution is 2.27. The molecule has 0 atom stereocenters. The van der Waals surface area contributed by atoms with Crippen molar-refractivity contribution >= 4 is 23.4 Å². The number of hydrogen-bond acceptors (Lipinski definition) is 5. The number of nitrogens with zero attached hydrogens (tertiary/aromatic N) is 1. The number of carbonyl (C=O) groups is 1. The lowest BCUT2D eigenvalue weighted by Crippen LogP contribution is -2.36. The Morgan fingerprint density at radius 1 is 1.07 bits per heavy atom. The van der Waals surface area contributed by atoms with Gasteiger partial charge in [-0.2, -0.15) is 0 Å². The maximum absolute atomic E-state index is 12.4. The summed E-state index contributed by atoms with van der Waals surface area (Å²) in [7, 11) is 3.19. The van der Waals surface area contributed by atoms with Crippen molar-refractivity contribution < 1.29 is 19.0 Å². The standard InChI is InChI=1S/C21H24N2O4/c1-25-17-13-16(14-18(15-17)26-2)7-8-21(24)22-19-5-3-4-6-20(19)23-9-11-27-12-10-23/h3-8,13-15H,9-12H2,1-2H3,(H,22,24)/b8-7+. The van der Waals surface area contributed by atoms with Crippen LogP contribution in [0.25, 0.3) is 6.08 Å². The van der Waals surface area contributed by atoms with Crippen molar-refractivity contribution in [3.8, 4) is 11.5 Å². The van der Waals surface area contributed by atoms with E-state index in [0.29, 0.717) is 24.7 Å². The highest BCUT2D eigenvalue weighted by atomic mass is 16.5. The number of morpholine rings is 1. The molecule has 1 N–H and O–H groups in total. The molecule has 6 nitrogen and oxygen atoms in total. The second-order valence-corrected chi connectivity index (χ2v) is 6.09. The molecule has 3 rings (SSSR count). The fourth-order valence-electron chi connectivity index (χ4n) is 2.93. The molecule has 2 aromatic rings. The molecule has 0 spiro atoms. The van der Waals surface area contributed by atoms with Gasteiger partial charge in [0.1, 0.15) is 11.5 Å². The second kappa shape index (κ2) is 9.09. The molecule has 1 fully saturated rings. The third-order valence-electron chi connectivity index (χ3n) is 4.31. The third-order valence-corrected chi connectivity index (χ3v) is 4.31. The number of methoxy groups -OCH3 is 2. The van der Waals surface area contributed by atoms with E-state index in [9.17, 15) is 4.79 Å². The highest BCUT2D eigenvalue weighted by Gasteiger charge is 2.15. The normalized spacial score (nSPS) is 14.2. The van der Waals surface area contributed by atoms with Crippen molar-refractivity contribution in [1.82, 2.24) is 0 Å². The number of rotatable bonds is 6. The molecule has 142 valence electrons. The van der Waals surface area contributed by atoms with Gasteiger partial charge in [0, 0.05) is 25.2 Å². The molecular formula is C21H24N2O4. The van der Waals surface area contributed by atoms with Crippen molar-refractivity contribution in [3.05, 3.63) is 54.1 Å². The monoisotopic (exact) mass is 368 g/mol. The number of amides is 1. The Hall–Kier alpha value is -2.99. The lowest BCUT2D eigenvalue weighted by Gasteiger charge is -2.30. The highest BCUT2D eigenvalue weighted by molar-refractivity contribution is 6.03. The Kier molecular flexibility index (Phi) is 6.33. The summed E-state index contributed by atoms with van der Waals surface area (Å²) in [6.07, 6.45) is 3.24. The first-order chi connectivity index (χ1) is 13.2. The molecule has 0 bridgehead atoms. The first-order valence-corrected chi connectivity index (χ1v) is 8.83. The Morgan fingerprint density at radius 3 is 2.41 bits per heavy atom. The smallest absolute Gasteiger partial charge is 0.248 e. The lowest BCUT2D eigenvalue weighted by molar-refractivity contribution is -0.111. The van der Waals surface area contributed by atoms with Gasteiger partial charge in [-0.25, -0.2) is 0 Å². The summed E-state index contributed by atoms with van der Waals surface area (Å²) in [5.41, 5.74) is 2.62. The number of hydrogen-bond donors (Lipinski definition) is 1. The van der Waals surface area contributed by atoms with Gasteiger partial charge in [-0.15, -0.1) is 0 Å². The summed E-state index contributed by atoms with van der Waals surface area (Å²) in [5.74, 6) is 1.15. The van der Waals surface area contributed by atoms with Crippen LogP contribution in [0.2, 0.25) is 0 Å². The van der Waals surface area contributed by atoms with Gasteiger partial charge >= 0.3 is 0 Å². The lowest BCUT2D eigenvalue weighted by atomic mass is 10.2. The predicted molar refractivity (Wildman–Crippen MR) is 107 cm³/mol. The van der Waals surface area contributed by atoms with E-state index in [-0.39, 0.29) is 5.91 Å². The first kappa shape index (κ1) is 18.8.